The molecule has 0 spiro atoms. The number of hydrogen-bond acceptors (Lipinski definition) is 2. The summed E-state index contributed by atoms with van der Waals surface area (Å²) in [5.74, 6) is 0.787. The zero-order valence-electron chi connectivity index (χ0n) is 14.0. The topological polar surface area (TPSA) is 29.1 Å². The summed E-state index contributed by atoms with van der Waals surface area (Å²) in [6.07, 6.45) is 0. The van der Waals surface area contributed by atoms with E-state index in [1.807, 2.05) is 25.1 Å². The third-order valence-electron chi connectivity index (χ3n) is 3.70. The van der Waals surface area contributed by atoms with Gasteiger partial charge in [0.05, 0.1) is 5.75 Å². The van der Waals surface area contributed by atoms with Crippen LogP contribution in [0.1, 0.15) is 36.5 Å². The fourth-order valence-electron chi connectivity index (χ4n) is 2.41. The minimum Gasteiger partial charge on any atom is -0.325 e. The number of benzene rings is 2. The van der Waals surface area contributed by atoms with E-state index in [9.17, 15) is 9.18 Å². The van der Waals surface area contributed by atoms with Crippen molar-refractivity contribution in [3.63, 3.8) is 0 Å². The molecular weight excluding hydrogens is 389 g/mol. The second-order valence-corrected chi connectivity index (χ2v) is 7.87. The van der Waals surface area contributed by atoms with E-state index in [0.29, 0.717) is 27.5 Å². The Balaban J connectivity index is 1.95. The Kier molecular flexibility index (Phi) is 6.87. The van der Waals surface area contributed by atoms with Crippen molar-refractivity contribution in [2.24, 2.45) is 0 Å². The number of carbonyl (C=O) groups excluding carboxylic acids is 1. The zero-order valence-corrected chi connectivity index (χ0v) is 16.4. The van der Waals surface area contributed by atoms with E-state index >= 15 is 0 Å². The Labute approximate surface area is 155 Å². The molecule has 0 unspecified atom stereocenters. The highest BCUT2D eigenvalue weighted by molar-refractivity contribution is 9.10. The lowest BCUT2D eigenvalue weighted by Gasteiger charge is -2.16. The second kappa shape index (κ2) is 8.67. The van der Waals surface area contributed by atoms with Crippen LogP contribution in [0, 0.1) is 12.7 Å². The first-order valence-electron chi connectivity index (χ1n) is 7.79. The maximum Gasteiger partial charge on any atom is 0.234 e. The van der Waals surface area contributed by atoms with E-state index in [4.69, 9.17) is 0 Å². The molecule has 0 saturated heterocycles. The van der Waals surface area contributed by atoms with Gasteiger partial charge in [0.15, 0.2) is 0 Å². The van der Waals surface area contributed by atoms with Crippen LogP contribution in [0.15, 0.2) is 40.9 Å². The van der Waals surface area contributed by atoms with E-state index < -0.39 is 0 Å². The predicted molar refractivity (Wildman–Crippen MR) is 104 cm³/mol. The number of anilines is 1. The summed E-state index contributed by atoms with van der Waals surface area (Å²) in [7, 11) is 0. The Morgan fingerprint density at radius 1 is 1.29 bits per heavy atom. The van der Waals surface area contributed by atoms with Crippen molar-refractivity contribution >= 4 is 39.3 Å². The average molecular weight is 410 g/mol. The molecule has 0 saturated carbocycles. The maximum atomic E-state index is 13.8. The van der Waals surface area contributed by atoms with Gasteiger partial charge in [-0.05, 0) is 41.7 Å². The van der Waals surface area contributed by atoms with Crippen LogP contribution in [0.25, 0.3) is 0 Å². The zero-order chi connectivity index (χ0) is 17.7. The van der Waals surface area contributed by atoms with Crippen LogP contribution in [-0.2, 0) is 10.5 Å². The first-order chi connectivity index (χ1) is 11.4. The van der Waals surface area contributed by atoms with Crippen LogP contribution in [-0.4, -0.2) is 11.7 Å². The third kappa shape index (κ3) is 5.08. The Morgan fingerprint density at radius 3 is 2.71 bits per heavy atom. The van der Waals surface area contributed by atoms with Crippen molar-refractivity contribution in [3.8, 4) is 0 Å². The van der Waals surface area contributed by atoms with E-state index in [1.54, 1.807) is 12.1 Å². The molecule has 0 bridgehead atoms. The van der Waals surface area contributed by atoms with Gasteiger partial charge in [0.25, 0.3) is 0 Å². The number of nitrogens with one attached hydrogen (secondary N) is 1. The Morgan fingerprint density at radius 2 is 2.04 bits per heavy atom. The van der Waals surface area contributed by atoms with Crippen molar-refractivity contribution in [1.82, 2.24) is 0 Å². The minimum absolute atomic E-state index is 0.0614. The molecule has 1 amide bonds. The van der Waals surface area contributed by atoms with Crippen LogP contribution >= 0.6 is 27.7 Å². The van der Waals surface area contributed by atoms with Crippen molar-refractivity contribution < 1.29 is 9.18 Å². The molecule has 0 fully saturated rings. The summed E-state index contributed by atoms with van der Waals surface area (Å²) >= 11 is 4.65. The number of carbonyl (C=O) groups is 1. The summed E-state index contributed by atoms with van der Waals surface area (Å²) in [6.45, 7) is 6.21. The molecule has 128 valence electrons. The molecule has 0 aromatic heterocycles. The van der Waals surface area contributed by atoms with Gasteiger partial charge >= 0.3 is 0 Å². The second-order valence-electron chi connectivity index (χ2n) is 5.97. The molecule has 0 atom stereocenters. The number of thioether (sulfide) groups is 1. The minimum atomic E-state index is -0.252. The molecule has 0 radical (unpaired) electrons. The van der Waals surface area contributed by atoms with E-state index in [2.05, 4.69) is 35.1 Å². The molecule has 24 heavy (non-hydrogen) atoms. The Hall–Kier alpha value is -1.33. The number of amides is 1. The summed E-state index contributed by atoms with van der Waals surface area (Å²) in [5, 5.41) is 3.01. The molecule has 2 aromatic rings. The molecular formula is C19H21BrFNOS. The van der Waals surface area contributed by atoms with Crippen LogP contribution in [0.2, 0.25) is 0 Å². The van der Waals surface area contributed by atoms with Gasteiger partial charge in [-0.1, -0.05) is 54.0 Å². The number of rotatable bonds is 6. The standard InChI is InChI=1S/C19H21BrFNOS/c1-12(2)16-6-4-5-13(3)19(16)22-18(23)11-24-10-14-7-8-15(20)9-17(14)21/h4-9,12H,10-11H2,1-3H3,(H,22,23). The molecule has 1 N–H and O–H groups in total. The molecule has 5 heteroatoms. The Bertz CT molecular complexity index is 733. The summed E-state index contributed by atoms with van der Waals surface area (Å²) < 4.78 is 14.5. The van der Waals surface area contributed by atoms with Crippen molar-refractivity contribution in [2.45, 2.75) is 32.4 Å². The van der Waals surface area contributed by atoms with E-state index in [1.165, 1.54) is 17.8 Å². The molecule has 0 heterocycles. The van der Waals surface area contributed by atoms with Crippen molar-refractivity contribution in [2.75, 3.05) is 11.1 Å². The van der Waals surface area contributed by atoms with Crippen molar-refractivity contribution in [3.05, 3.63) is 63.4 Å². The number of halogens is 2. The van der Waals surface area contributed by atoms with Gasteiger partial charge in [-0.15, -0.1) is 11.8 Å². The van der Waals surface area contributed by atoms with Gasteiger partial charge in [0, 0.05) is 15.9 Å². The largest absolute Gasteiger partial charge is 0.325 e. The number of para-hydroxylation sites is 1. The first-order valence-corrected chi connectivity index (χ1v) is 9.74. The molecule has 2 aromatic carbocycles. The van der Waals surface area contributed by atoms with E-state index in [0.717, 1.165) is 16.8 Å². The SMILES string of the molecule is Cc1cccc(C(C)C)c1NC(=O)CSCc1ccc(Br)cc1F. The average Bonchev–Trinajstić information content (AvgIpc) is 2.51. The summed E-state index contributed by atoms with van der Waals surface area (Å²) in [6, 6.07) is 11.0. The highest BCUT2D eigenvalue weighted by atomic mass is 79.9. The van der Waals surface area contributed by atoms with Gasteiger partial charge in [-0.2, -0.15) is 0 Å². The maximum absolute atomic E-state index is 13.8. The summed E-state index contributed by atoms with van der Waals surface area (Å²) in [4.78, 5) is 12.2. The van der Waals surface area contributed by atoms with Crippen LogP contribution in [0.4, 0.5) is 10.1 Å². The highest BCUT2D eigenvalue weighted by Crippen LogP contribution is 2.27. The molecule has 0 aliphatic rings. The van der Waals surface area contributed by atoms with Crippen molar-refractivity contribution in [1.29, 1.82) is 0 Å². The summed E-state index contributed by atoms with van der Waals surface area (Å²) in [5.41, 5.74) is 3.69. The van der Waals surface area contributed by atoms with E-state index in [-0.39, 0.29) is 11.7 Å². The van der Waals surface area contributed by atoms with Gasteiger partial charge in [0.2, 0.25) is 5.91 Å². The smallest absolute Gasteiger partial charge is 0.234 e. The molecule has 2 nitrogen and oxygen atoms in total. The molecule has 0 aliphatic carbocycles. The lowest BCUT2D eigenvalue weighted by Crippen LogP contribution is -2.16. The lowest BCUT2D eigenvalue weighted by atomic mass is 9.98. The lowest BCUT2D eigenvalue weighted by molar-refractivity contribution is -0.113. The predicted octanol–water partition coefficient (Wildman–Crippen LogP) is 5.89. The number of hydrogen-bond donors (Lipinski definition) is 1. The quantitative estimate of drug-likeness (QED) is 0.643. The fourth-order valence-corrected chi connectivity index (χ4v) is 3.56. The van der Waals surface area contributed by atoms with Crippen LogP contribution in [0.3, 0.4) is 0 Å². The van der Waals surface area contributed by atoms with Gasteiger partial charge < -0.3 is 5.32 Å². The highest BCUT2D eigenvalue weighted by Gasteiger charge is 2.12. The van der Waals surface area contributed by atoms with Gasteiger partial charge in [-0.3, -0.25) is 4.79 Å². The molecule has 2 rings (SSSR count). The van der Waals surface area contributed by atoms with Gasteiger partial charge in [0.1, 0.15) is 5.82 Å². The molecule has 0 aliphatic heterocycles. The van der Waals surface area contributed by atoms with Crippen LogP contribution in [0.5, 0.6) is 0 Å². The van der Waals surface area contributed by atoms with Crippen LogP contribution < -0.4 is 5.32 Å². The third-order valence-corrected chi connectivity index (χ3v) is 5.17. The fraction of sp³-hybridized carbons (Fsp3) is 0.316. The first kappa shape index (κ1) is 19.0. The number of aryl methyl sites for hydroxylation is 1. The van der Waals surface area contributed by atoms with Gasteiger partial charge in [-0.25, -0.2) is 4.39 Å². The monoisotopic (exact) mass is 409 g/mol. The normalized spacial score (nSPS) is 10.9.